The molecule has 2 aromatic rings. The molecule has 2 heterocycles. The Morgan fingerprint density at radius 3 is 2.83 bits per heavy atom. The summed E-state index contributed by atoms with van der Waals surface area (Å²) in [6.45, 7) is 4.74. The molecule has 0 N–H and O–H groups in total. The maximum Gasteiger partial charge on any atom is 0.247 e. The topological polar surface area (TPSA) is 78.0 Å². The zero-order valence-electron chi connectivity index (χ0n) is 13.7. The molecular weight excluding hydrogens is 304 g/mol. The van der Waals surface area contributed by atoms with Gasteiger partial charge in [-0.15, -0.1) is 0 Å². The van der Waals surface area contributed by atoms with E-state index in [-0.39, 0.29) is 11.9 Å². The monoisotopic (exact) mass is 324 g/mol. The van der Waals surface area contributed by atoms with Crippen LogP contribution in [0.1, 0.15) is 24.9 Å². The van der Waals surface area contributed by atoms with Gasteiger partial charge in [0.2, 0.25) is 5.91 Å². The largest absolute Gasteiger partial charge is 0.369 e. The maximum absolute atomic E-state index is 12.7. The molecule has 1 atom stereocenters. The van der Waals surface area contributed by atoms with Crippen molar-refractivity contribution in [1.29, 1.82) is 5.26 Å². The first-order valence-corrected chi connectivity index (χ1v) is 8.07. The molecule has 1 aromatic heterocycles. The van der Waals surface area contributed by atoms with Gasteiger partial charge in [-0.3, -0.25) is 4.79 Å². The second kappa shape index (κ2) is 7.13. The van der Waals surface area contributed by atoms with Crippen LogP contribution in [0.5, 0.6) is 0 Å². The van der Waals surface area contributed by atoms with Gasteiger partial charge in [0, 0.05) is 26.2 Å². The molecule has 7 nitrogen and oxygen atoms in total. The van der Waals surface area contributed by atoms with Crippen LogP contribution in [-0.2, 0) is 4.79 Å². The molecule has 1 aliphatic rings. The normalized spacial score (nSPS) is 16.3. The molecule has 0 saturated carbocycles. The van der Waals surface area contributed by atoms with Crippen LogP contribution in [0.25, 0.3) is 0 Å². The number of amides is 1. The number of anilines is 1. The molecule has 1 unspecified atom stereocenters. The van der Waals surface area contributed by atoms with Gasteiger partial charge in [0.05, 0.1) is 11.3 Å². The molecule has 0 bridgehead atoms. The Morgan fingerprint density at radius 2 is 2.08 bits per heavy atom. The van der Waals surface area contributed by atoms with Crippen LogP contribution >= 0.6 is 0 Å². The lowest BCUT2D eigenvalue weighted by Gasteiger charge is -2.26. The van der Waals surface area contributed by atoms with E-state index in [2.05, 4.69) is 21.1 Å². The standard InChI is InChI=1S/C17H20N6O/c1-14(23-13-19-12-20-23)17(24)22-8-4-7-21(9-10-22)16-6-3-2-5-15(16)11-18/h2-3,5-6,12-14H,4,7-10H2,1H3. The number of hydrogen-bond donors (Lipinski definition) is 0. The smallest absolute Gasteiger partial charge is 0.247 e. The number of para-hydroxylation sites is 1. The minimum Gasteiger partial charge on any atom is -0.369 e. The summed E-state index contributed by atoms with van der Waals surface area (Å²) >= 11 is 0. The van der Waals surface area contributed by atoms with Crippen molar-refractivity contribution in [3.8, 4) is 6.07 Å². The Kier molecular flexibility index (Phi) is 4.75. The van der Waals surface area contributed by atoms with Crippen molar-refractivity contribution in [2.24, 2.45) is 0 Å². The molecule has 7 heteroatoms. The van der Waals surface area contributed by atoms with E-state index in [9.17, 15) is 10.1 Å². The van der Waals surface area contributed by atoms with Crippen LogP contribution in [0.4, 0.5) is 5.69 Å². The zero-order chi connectivity index (χ0) is 16.9. The van der Waals surface area contributed by atoms with Crippen molar-refractivity contribution < 1.29 is 4.79 Å². The first-order chi connectivity index (χ1) is 11.7. The highest BCUT2D eigenvalue weighted by molar-refractivity contribution is 5.80. The minimum atomic E-state index is -0.356. The zero-order valence-corrected chi connectivity index (χ0v) is 13.7. The van der Waals surface area contributed by atoms with Gasteiger partial charge in [0.25, 0.3) is 0 Å². The maximum atomic E-state index is 12.7. The summed E-state index contributed by atoms with van der Waals surface area (Å²) in [4.78, 5) is 20.6. The van der Waals surface area contributed by atoms with Gasteiger partial charge in [-0.1, -0.05) is 12.1 Å². The van der Waals surface area contributed by atoms with E-state index in [0.717, 1.165) is 18.7 Å². The fourth-order valence-electron chi connectivity index (χ4n) is 3.02. The molecule has 124 valence electrons. The number of nitrogens with zero attached hydrogens (tertiary/aromatic N) is 6. The molecule has 1 aromatic carbocycles. The number of carbonyl (C=O) groups is 1. The highest BCUT2D eigenvalue weighted by Crippen LogP contribution is 2.21. The summed E-state index contributed by atoms with van der Waals surface area (Å²) in [5.74, 6) is 0.0518. The number of hydrogen-bond acceptors (Lipinski definition) is 5. The van der Waals surface area contributed by atoms with E-state index < -0.39 is 0 Å². The lowest BCUT2D eigenvalue weighted by Crippen LogP contribution is -2.39. The van der Waals surface area contributed by atoms with E-state index in [1.807, 2.05) is 36.1 Å². The van der Waals surface area contributed by atoms with Crippen molar-refractivity contribution in [1.82, 2.24) is 19.7 Å². The van der Waals surface area contributed by atoms with Gasteiger partial charge in [0.1, 0.15) is 24.8 Å². The Labute approximate surface area is 141 Å². The van der Waals surface area contributed by atoms with E-state index in [0.29, 0.717) is 25.2 Å². The SMILES string of the molecule is CC(C(=O)N1CCCN(c2ccccc2C#N)CC1)n1cncn1. The van der Waals surface area contributed by atoms with E-state index >= 15 is 0 Å². The highest BCUT2D eigenvalue weighted by Gasteiger charge is 2.25. The first-order valence-electron chi connectivity index (χ1n) is 8.07. The summed E-state index contributed by atoms with van der Waals surface area (Å²) in [6.07, 6.45) is 3.87. The second-order valence-corrected chi connectivity index (χ2v) is 5.85. The average molecular weight is 324 g/mol. The van der Waals surface area contributed by atoms with Crippen molar-refractivity contribution in [2.45, 2.75) is 19.4 Å². The van der Waals surface area contributed by atoms with E-state index in [1.54, 1.807) is 11.0 Å². The number of nitriles is 1. The van der Waals surface area contributed by atoms with Gasteiger partial charge in [-0.25, -0.2) is 9.67 Å². The van der Waals surface area contributed by atoms with Crippen LogP contribution in [0.15, 0.2) is 36.9 Å². The fourth-order valence-corrected chi connectivity index (χ4v) is 3.02. The fraction of sp³-hybridized carbons (Fsp3) is 0.412. The van der Waals surface area contributed by atoms with Crippen molar-refractivity contribution >= 4 is 11.6 Å². The van der Waals surface area contributed by atoms with Gasteiger partial charge < -0.3 is 9.80 Å². The van der Waals surface area contributed by atoms with Gasteiger partial charge >= 0.3 is 0 Å². The molecule has 1 saturated heterocycles. The average Bonchev–Trinajstić information content (AvgIpc) is 3.05. The lowest BCUT2D eigenvalue weighted by molar-refractivity contribution is -0.134. The third kappa shape index (κ3) is 3.23. The summed E-state index contributed by atoms with van der Waals surface area (Å²) in [5, 5.41) is 13.3. The van der Waals surface area contributed by atoms with Crippen molar-refractivity contribution in [3.05, 3.63) is 42.5 Å². The van der Waals surface area contributed by atoms with Crippen LogP contribution < -0.4 is 4.90 Å². The number of carbonyl (C=O) groups excluding carboxylic acids is 1. The van der Waals surface area contributed by atoms with Gasteiger partial charge in [0.15, 0.2) is 0 Å². The molecule has 3 rings (SSSR count). The number of rotatable bonds is 3. The molecule has 0 radical (unpaired) electrons. The summed E-state index contributed by atoms with van der Waals surface area (Å²) in [7, 11) is 0. The second-order valence-electron chi connectivity index (χ2n) is 5.85. The summed E-state index contributed by atoms with van der Waals surface area (Å²) in [5.41, 5.74) is 1.62. The van der Waals surface area contributed by atoms with E-state index in [4.69, 9.17) is 0 Å². The molecule has 24 heavy (non-hydrogen) atoms. The molecular formula is C17H20N6O. The van der Waals surface area contributed by atoms with Crippen molar-refractivity contribution in [2.75, 3.05) is 31.1 Å². The third-order valence-electron chi connectivity index (χ3n) is 4.36. The Hall–Kier alpha value is -2.88. The Balaban J connectivity index is 1.69. The Morgan fingerprint density at radius 1 is 1.25 bits per heavy atom. The van der Waals surface area contributed by atoms with Crippen LogP contribution in [0.2, 0.25) is 0 Å². The van der Waals surface area contributed by atoms with Crippen LogP contribution in [0.3, 0.4) is 0 Å². The third-order valence-corrected chi connectivity index (χ3v) is 4.36. The quantitative estimate of drug-likeness (QED) is 0.854. The number of aromatic nitrogens is 3. The molecule has 0 aliphatic carbocycles. The molecule has 1 fully saturated rings. The first kappa shape index (κ1) is 16.0. The van der Waals surface area contributed by atoms with Crippen LogP contribution in [-0.4, -0.2) is 51.8 Å². The minimum absolute atomic E-state index is 0.0518. The van der Waals surface area contributed by atoms with Gasteiger partial charge in [-0.05, 0) is 25.5 Å². The predicted octanol–water partition coefficient (Wildman–Crippen LogP) is 1.45. The highest BCUT2D eigenvalue weighted by atomic mass is 16.2. The Bertz CT molecular complexity index is 736. The van der Waals surface area contributed by atoms with Gasteiger partial charge in [-0.2, -0.15) is 10.4 Å². The number of benzene rings is 1. The molecule has 1 aliphatic heterocycles. The summed E-state index contributed by atoms with van der Waals surface area (Å²) in [6, 6.07) is 9.49. The van der Waals surface area contributed by atoms with E-state index in [1.165, 1.54) is 6.33 Å². The predicted molar refractivity (Wildman–Crippen MR) is 89.3 cm³/mol. The molecule has 1 amide bonds. The summed E-state index contributed by atoms with van der Waals surface area (Å²) < 4.78 is 1.58. The molecule has 0 spiro atoms. The lowest BCUT2D eigenvalue weighted by atomic mass is 10.1. The van der Waals surface area contributed by atoms with Crippen molar-refractivity contribution in [3.63, 3.8) is 0 Å². The van der Waals surface area contributed by atoms with Crippen LogP contribution in [0, 0.1) is 11.3 Å².